The minimum atomic E-state index is -0.0922. The van der Waals surface area contributed by atoms with Crippen molar-refractivity contribution in [3.05, 3.63) is 60.4 Å². The summed E-state index contributed by atoms with van der Waals surface area (Å²) in [6.07, 6.45) is 1.49. The van der Waals surface area contributed by atoms with Crippen LogP contribution in [0, 0.1) is 0 Å². The van der Waals surface area contributed by atoms with Gasteiger partial charge in [-0.05, 0) is 29.8 Å². The van der Waals surface area contributed by atoms with Crippen LogP contribution in [0.15, 0.2) is 54.9 Å². The lowest BCUT2D eigenvalue weighted by atomic mass is 10.2. The number of ether oxygens (including phenoxy) is 2. The maximum atomic E-state index is 11.1. The molecule has 0 aliphatic heterocycles. The molecule has 0 saturated heterocycles. The topological polar surface area (TPSA) is 97.4 Å². The van der Waals surface area contributed by atoms with Gasteiger partial charge in [0.05, 0.1) is 19.9 Å². The highest BCUT2D eigenvalue weighted by atomic mass is 16.5. The fourth-order valence-electron chi connectivity index (χ4n) is 2.66. The molecular weight excluding hydrogens is 370 g/mol. The number of carbonyl (C=O) groups excluding carboxylic acids is 1. The maximum Gasteiger partial charge on any atom is 0.221 e. The molecule has 3 N–H and O–H groups in total. The highest BCUT2D eigenvalue weighted by Crippen LogP contribution is 2.31. The molecule has 0 fully saturated rings. The Balaban J connectivity index is 1.65. The fraction of sp³-hybridized carbons (Fsp3) is 0.190. The number of amides is 1. The van der Waals surface area contributed by atoms with Gasteiger partial charge in [-0.15, -0.1) is 0 Å². The fourth-order valence-corrected chi connectivity index (χ4v) is 2.66. The summed E-state index contributed by atoms with van der Waals surface area (Å²) in [6, 6.07) is 14.9. The first-order valence-electron chi connectivity index (χ1n) is 8.99. The summed E-state index contributed by atoms with van der Waals surface area (Å²) in [7, 11) is 3.21. The van der Waals surface area contributed by atoms with Gasteiger partial charge in [0.15, 0.2) is 0 Å². The van der Waals surface area contributed by atoms with E-state index in [0.717, 1.165) is 16.9 Å². The number of hydrogen-bond acceptors (Lipinski definition) is 7. The molecular formula is C21H23N5O3. The second-order valence-corrected chi connectivity index (χ2v) is 6.21. The van der Waals surface area contributed by atoms with Gasteiger partial charge < -0.3 is 25.4 Å². The van der Waals surface area contributed by atoms with Crippen LogP contribution in [0.1, 0.15) is 12.5 Å². The molecule has 0 unspecified atom stereocenters. The van der Waals surface area contributed by atoms with Crippen molar-refractivity contribution in [2.75, 3.05) is 30.2 Å². The highest BCUT2D eigenvalue weighted by Gasteiger charge is 2.07. The van der Waals surface area contributed by atoms with E-state index in [1.165, 1.54) is 13.3 Å². The lowest BCUT2D eigenvalue weighted by Gasteiger charge is -2.13. The third kappa shape index (κ3) is 5.58. The van der Waals surface area contributed by atoms with Crippen molar-refractivity contribution in [2.24, 2.45) is 0 Å². The van der Waals surface area contributed by atoms with Crippen molar-refractivity contribution in [3.8, 4) is 11.5 Å². The maximum absolute atomic E-state index is 11.1. The van der Waals surface area contributed by atoms with E-state index in [-0.39, 0.29) is 5.91 Å². The number of carbonyl (C=O) groups is 1. The third-order valence-electron chi connectivity index (χ3n) is 4.09. The van der Waals surface area contributed by atoms with Crippen molar-refractivity contribution < 1.29 is 14.3 Å². The zero-order valence-electron chi connectivity index (χ0n) is 16.5. The van der Waals surface area contributed by atoms with E-state index in [4.69, 9.17) is 9.47 Å². The van der Waals surface area contributed by atoms with Crippen LogP contribution in [0.3, 0.4) is 0 Å². The lowest BCUT2D eigenvalue weighted by molar-refractivity contribution is -0.114. The van der Waals surface area contributed by atoms with Gasteiger partial charge in [0.1, 0.15) is 29.5 Å². The van der Waals surface area contributed by atoms with Crippen molar-refractivity contribution in [3.63, 3.8) is 0 Å². The standard InChI is InChI=1S/C21H23N5O3/c1-14(27)25-16-6-4-15(5-7-16)12-22-20-11-21(24-13-23-20)26-18-9-8-17(28-2)10-19(18)29-3/h4-11,13H,12H2,1-3H3,(H,25,27)(H2,22,23,24,26). The van der Waals surface area contributed by atoms with E-state index < -0.39 is 0 Å². The normalized spacial score (nSPS) is 10.2. The number of methoxy groups -OCH3 is 2. The van der Waals surface area contributed by atoms with Crippen molar-refractivity contribution in [2.45, 2.75) is 13.5 Å². The van der Waals surface area contributed by atoms with E-state index in [1.54, 1.807) is 20.3 Å². The molecule has 3 rings (SSSR count). The van der Waals surface area contributed by atoms with E-state index in [9.17, 15) is 4.79 Å². The summed E-state index contributed by atoms with van der Waals surface area (Å²) < 4.78 is 10.6. The Kier molecular flexibility index (Phi) is 6.47. The van der Waals surface area contributed by atoms with Crippen LogP contribution in [-0.4, -0.2) is 30.1 Å². The van der Waals surface area contributed by atoms with Gasteiger partial charge in [0, 0.05) is 31.3 Å². The van der Waals surface area contributed by atoms with Gasteiger partial charge in [-0.3, -0.25) is 4.79 Å². The van der Waals surface area contributed by atoms with Gasteiger partial charge in [0.25, 0.3) is 0 Å². The second kappa shape index (κ2) is 9.41. The van der Waals surface area contributed by atoms with E-state index in [0.29, 0.717) is 29.7 Å². The summed E-state index contributed by atoms with van der Waals surface area (Å²) in [5, 5.41) is 9.24. The molecule has 2 aromatic carbocycles. The summed E-state index contributed by atoms with van der Waals surface area (Å²) in [6.45, 7) is 2.07. The molecule has 0 aliphatic rings. The molecule has 1 amide bonds. The Morgan fingerprint density at radius 1 is 0.966 bits per heavy atom. The number of benzene rings is 2. The first-order chi connectivity index (χ1) is 14.1. The zero-order valence-corrected chi connectivity index (χ0v) is 16.5. The Morgan fingerprint density at radius 2 is 1.72 bits per heavy atom. The number of hydrogen-bond donors (Lipinski definition) is 3. The molecule has 0 saturated carbocycles. The predicted molar refractivity (Wildman–Crippen MR) is 113 cm³/mol. The number of rotatable bonds is 8. The average Bonchev–Trinajstić information content (AvgIpc) is 2.73. The van der Waals surface area contributed by atoms with Crippen LogP contribution < -0.4 is 25.4 Å². The van der Waals surface area contributed by atoms with Crippen LogP contribution in [0.5, 0.6) is 11.5 Å². The van der Waals surface area contributed by atoms with Gasteiger partial charge in [0.2, 0.25) is 5.91 Å². The summed E-state index contributed by atoms with van der Waals surface area (Å²) in [4.78, 5) is 19.6. The van der Waals surface area contributed by atoms with Crippen molar-refractivity contribution in [1.29, 1.82) is 0 Å². The highest BCUT2D eigenvalue weighted by molar-refractivity contribution is 5.88. The Bertz CT molecular complexity index is 976. The van der Waals surface area contributed by atoms with Crippen LogP contribution in [0.4, 0.5) is 23.0 Å². The Morgan fingerprint density at radius 3 is 2.41 bits per heavy atom. The van der Waals surface area contributed by atoms with E-state index >= 15 is 0 Å². The molecule has 150 valence electrons. The van der Waals surface area contributed by atoms with E-state index in [2.05, 4.69) is 25.9 Å². The number of aromatic nitrogens is 2. The first kappa shape index (κ1) is 19.9. The Labute approximate surface area is 169 Å². The average molecular weight is 393 g/mol. The summed E-state index contributed by atoms with van der Waals surface area (Å²) in [5.41, 5.74) is 2.60. The molecule has 0 bridgehead atoms. The summed E-state index contributed by atoms with van der Waals surface area (Å²) in [5.74, 6) is 2.58. The van der Waals surface area contributed by atoms with Gasteiger partial charge in [-0.1, -0.05) is 12.1 Å². The van der Waals surface area contributed by atoms with Gasteiger partial charge in [-0.2, -0.15) is 0 Å². The molecule has 0 atom stereocenters. The molecule has 1 aromatic heterocycles. The van der Waals surface area contributed by atoms with Gasteiger partial charge >= 0.3 is 0 Å². The second-order valence-electron chi connectivity index (χ2n) is 6.21. The van der Waals surface area contributed by atoms with Gasteiger partial charge in [-0.25, -0.2) is 9.97 Å². The smallest absolute Gasteiger partial charge is 0.221 e. The van der Waals surface area contributed by atoms with E-state index in [1.807, 2.05) is 42.5 Å². The molecule has 29 heavy (non-hydrogen) atoms. The SMILES string of the molecule is COc1ccc(Nc2cc(NCc3ccc(NC(C)=O)cc3)ncn2)c(OC)c1. The molecule has 3 aromatic rings. The quantitative estimate of drug-likeness (QED) is 0.535. The lowest BCUT2D eigenvalue weighted by Crippen LogP contribution is -2.06. The molecule has 1 heterocycles. The van der Waals surface area contributed by atoms with Crippen LogP contribution in [-0.2, 0) is 11.3 Å². The van der Waals surface area contributed by atoms with Crippen LogP contribution in [0.25, 0.3) is 0 Å². The number of nitrogens with zero attached hydrogens (tertiary/aromatic N) is 2. The molecule has 8 heteroatoms. The molecule has 0 spiro atoms. The summed E-state index contributed by atoms with van der Waals surface area (Å²) >= 11 is 0. The van der Waals surface area contributed by atoms with Crippen LogP contribution in [0.2, 0.25) is 0 Å². The number of nitrogens with one attached hydrogen (secondary N) is 3. The monoisotopic (exact) mass is 393 g/mol. The van der Waals surface area contributed by atoms with Crippen molar-refractivity contribution in [1.82, 2.24) is 9.97 Å². The first-order valence-corrected chi connectivity index (χ1v) is 8.99. The third-order valence-corrected chi connectivity index (χ3v) is 4.09. The molecule has 0 aliphatic carbocycles. The molecule has 0 radical (unpaired) electrons. The largest absolute Gasteiger partial charge is 0.497 e. The van der Waals surface area contributed by atoms with Crippen molar-refractivity contribution >= 4 is 28.9 Å². The Hall–Kier alpha value is -3.81. The zero-order chi connectivity index (χ0) is 20.6. The molecule has 8 nitrogen and oxygen atoms in total. The predicted octanol–water partition coefficient (Wildman–Crippen LogP) is 3.81. The van der Waals surface area contributed by atoms with Crippen LogP contribution >= 0.6 is 0 Å². The minimum absolute atomic E-state index is 0.0922. The minimum Gasteiger partial charge on any atom is -0.497 e. The number of anilines is 4.